The highest BCUT2D eigenvalue weighted by Gasteiger charge is 2.28. The standard InChI is InChI=1S/C20H17N3O3/c1-2-18(24)21-14-7-5-12(6-8-14)19(25)22-15-9-10-17-16(11-15)23-20(26-17)13-3-4-13/h2,5-11,13H,1,3-4H2,(H,21,24)(H,22,25). The maximum absolute atomic E-state index is 12.4. The summed E-state index contributed by atoms with van der Waals surface area (Å²) in [6.07, 6.45) is 3.44. The van der Waals surface area contributed by atoms with Crippen molar-refractivity contribution in [3.05, 3.63) is 66.6 Å². The SMILES string of the molecule is C=CC(=O)Nc1ccc(C(=O)Nc2ccc3oc(C4CC4)nc3c2)cc1. The van der Waals surface area contributed by atoms with Gasteiger partial charge in [0, 0.05) is 22.9 Å². The number of fused-ring (bicyclic) bond motifs is 1. The quantitative estimate of drug-likeness (QED) is 0.681. The Morgan fingerprint density at radius 3 is 2.50 bits per heavy atom. The Bertz CT molecular complexity index is 1000. The van der Waals surface area contributed by atoms with E-state index < -0.39 is 0 Å². The van der Waals surface area contributed by atoms with Crippen molar-refractivity contribution in [3.8, 4) is 0 Å². The molecular formula is C20H17N3O3. The highest BCUT2D eigenvalue weighted by Crippen LogP contribution is 2.40. The Balaban J connectivity index is 1.47. The minimum Gasteiger partial charge on any atom is -0.440 e. The molecule has 0 radical (unpaired) electrons. The van der Waals surface area contributed by atoms with Gasteiger partial charge in [0.2, 0.25) is 5.91 Å². The normalized spacial score (nSPS) is 13.4. The molecule has 0 spiro atoms. The zero-order valence-electron chi connectivity index (χ0n) is 14.0. The Morgan fingerprint density at radius 2 is 1.81 bits per heavy atom. The molecule has 1 aromatic heterocycles. The average Bonchev–Trinajstić information content (AvgIpc) is 3.41. The second-order valence-corrected chi connectivity index (χ2v) is 6.23. The third-order valence-electron chi connectivity index (χ3n) is 4.19. The first-order chi connectivity index (χ1) is 12.6. The predicted molar refractivity (Wildman–Crippen MR) is 99.2 cm³/mol. The van der Waals surface area contributed by atoms with Crippen molar-refractivity contribution in [2.24, 2.45) is 0 Å². The van der Waals surface area contributed by atoms with Crippen LogP contribution in [0.2, 0.25) is 0 Å². The molecule has 1 fully saturated rings. The van der Waals surface area contributed by atoms with E-state index in [0.717, 1.165) is 29.8 Å². The van der Waals surface area contributed by atoms with Crippen LogP contribution in [0.3, 0.4) is 0 Å². The van der Waals surface area contributed by atoms with Crippen molar-refractivity contribution in [3.63, 3.8) is 0 Å². The van der Waals surface area contributed by atoms with E-state index in [2.05, 4.69) is 22.2 Å². The Labute approximate surface area is 149 Å². The maximum atomic E-state index is 12.4. The van der Waals surface area contributed by atoms with Crippen LogP contribution < -0.4 is 10.6 Å². The molecule has 1 saturated carbocycles. The molecule has 2 aromatic carbocycles. The zero-order chi connectivity index (χ0) is 18.1. The second-order valence-electron chi connectivity index (χ2n) is 6.23. The molecule has 0 aliphatic heterocycles. The molecule has 0 bridgehead atoms. The van der Waals surface area contributed by atoms with E-state index in [1.54, 1.807) is 36.4 Å². The number of amides is 2. The smallest absolute Gasteiger partial charge is 0.255 e. The van der Waals surface area contributed by atoms with Crippen molar-refractivity contribution in [2.75, 3.05) is 10.6 Å². The van der Waals surface area contributed by atoms with Crippen LogP contribution in [-0.4, -0.2) is 16.8 Å². The van der Waals surface area contributed by atoms with Crippen LogP contribution in [0.5, 0.6) is 0 Å². The molecule has 1 heterocycles. The lowest BCUT2D eigenvalue weighted by Gasteiger charge is -2.06. The van der Waals surface area contributed by atoms with Gasteiger partial charge in [-0.3, -0.25) is 9.59 Å². The van der Waals surface area contributed by atoms with Gasteiger partial charge in [0.25, 0.3) is 5.91 Å². The molecule has 1 aliphatic carbocycles. The number of oxazole rings is 1. The third kappa shape index (κ3) is 3.35. The van der Waals surface area contributed by atoms with Gasteiger partial charge >= 0.3 is 0 Å². The lowest BCUT2D eigenvalue weighted by atomic mass is 10.2. The number of carbonyl (C=O) groups is 2. The molecule has 1 aliphatic rings. The lowest BCUT2D eigenvalue weighted by molar-refractivity contribution is -0.111. The Hall–Kier alpha value is -3.41. The number of carbonyl (C=O) groups excluding carboxylic acids is 2. The van der Waals surface area contributed by atoms with E-state index in [1.165, 1.54) is 6.08 Å². The average molecular weight is 347 g/mol. The molecule has 0 atom stereocenters. The van der Waals surface area contributed by atoms with Crippen molar-refractivity contribution in [2.45, 2.75) is 18.8 Å². The van der Waals surface area contributed by atoms with Crippen LogP contribution in [0.15, 0.2) is 59.5 Å². The summed E-state index contributed by atoms with van der Waals surface area (Å²) in [5, 5.41) is 5.49. The fourth-order valence-electron chi connectivity index (χ4n) is 2.63. The van der Waals surface area contributed by atoms with Gasteiger partial charge in [-0.2, -0.15) is 0 Å². The molecule has 2 N–H and O–H groups in total. The summed E-state index contributed by atoms with van der Waals surface area (Å²) in [6, 6.07) is 12.0. The highest BCUT2D eigenvalue weighted by molar-refractivity contribution is 6.05. The van der Waals surface area contributed by atoms with Crippen molar-refractivity contribution < 1.29 is 14.0 Å². The summed E-state index contributed by atoms with van der Waals surface area (Å²) < 4.78 is 5.73. The summed E-state index contributed by atoms with van der Waals surface area (Å²) in [5.74, 6) is 0.687. The maximum Gasteiger partial charge on any atom is 0.255 e. The monoisotopic (exact) mass is 347 g/mol. The second kappa shape index (κ2) is 6.48. The first-order valence-corrected chi connectivity index (χ1v) is 8.38. The van der Waals surface area contributed by atoms with Gasteiger partial charge in [0.1, 0.15) is 5.52 Å². The first-order valence-electron chi connectivity index (χ1n) is 8.38. The number of rotatable bonds is 5. The zero-order valence-corrected chi connectivity index (χ0v) is 14.0. The number of hydrogen-bond donors (Lipinski definition) is 2. The van der Waals surface area contributed by atoms with Crippen molar-refractivity contribution in [1.82, 2.24) is 4.98 Å². The Kier molecular flexibility index (Phi) is 4.01. The third-order valence-corrected chi connectivity index (χ3v) is 4.19. The topological polar surface area (TPSA) is 84.2 Å². The summed E-state index contributed by atoms with van der Waals surface area (Å²) in [6.45, 7) is 3.40. The summed E-state index contributed by atoms with van der Waals surface area (Å²) >= 11 is 0. The van der Waals surface area contributed by atoms with Gasteiger partial charge in [-0.15, -0.1) is 0 Å². The van der Waals surface area contributed by atoms with Crippen molar-refractivity contribution >= 4 is 34.3 Å². The summed E-state index contributed by atoms with van der Waals surface area (Å²) in [7, 11) is 0. The molecule has 130 valence electrons. The van der Waals surface area contributed by atoms with Crippen LogP contribution in [0.25, 0.3) is 11.1 Å². The first kappa shape index (κ1) is 16.1. The largest absolute Gasteiger partial charge is 0.440 e. The highest BCUT2D eigenvalue weighted by atomic mass is 16.3. The van der Waals surface area contributed by atoms with Gasteiger partial charge in [-0.25, -0.2) is 4.98 Å². The van der Waals surface area contributed by atoms with Gasteiger partial charge in [0.05, 0.1) is 0 Å². The molecular weight excluding hydrogens is 330 g/mol. The summed E-state index contributed by atoms with van der Waals surface area (Å²) in [5.41, 5.74) is 3.21. The number of nitrogens with zero attached hydrogens (tertiary/aromatic N) is 1. The van der Waals surface area contributed by atoms with Gasteiger partial charge in [-0.1, -0.05) is 6.58 Å². The van der Waals surface area contributed by atoms with Crippen LogP contribution in [0, 0.1) is 0 Å². The van der Waals surface area contributed by atoms with Crippen molar-refractivity contribution in [1.29, 1.82) is 0 Å². The van der Waals surface area contributed by atoms with E-state index in [1.807, 2.05) is 6.07 Å². The van der Waals surface area contributed by atoms with Crippen LogP contribution >= 0.6 is 0 Å². The number of nitrogens with one attached hydrogen (secondary N) is 2. The van der Waals surface area contributed by atoms with Gasteiger partial charge < -0.3 is 15.1 Å². The van der Waals surface area contributed by atoms with Gasteiger partial charge in [0.15, 0.2) is 11.5 Å². The van der Waals surface area contributed by atoms with E-state index in [4.69, 9.17) is 4.42 Å². The fourth-order valence-corrected chi connectivity index (χ4v) is 2.63. The van der Waals surface area contributed by atoms with E-state index in [0.29, 0.717) is 22.9 Å². The van der Waals surface area contributed by atoms with Crippen LogP contribution in [0.4, 0.5) is 11.4 Å². The number of anilines is 2. The van der Waals surface area contributed by atoms with Crippen LogP contribution in [0.1, 0.15) is 35.0 Å². The lowest BCUT2D eigenvalue weighted by Crippen LogP contribution is -2.12. The molecule has 6 heteroatoms. The number of aromatic nitrogens is 1. The fraction of sp³-hybridized carbons (Fsp3) is 0.150. The number of hydrogen-bond acceptors (Lipinski definition) is 4. The summed E-state index contributed by atoms with van der Waals surface area (Å²) in [4.78, 5) is 28.2. The molecule has 6 nitrogen and oxygen atoms in total. The van der Waals surface area contributed by atoms with Gasteiger partial charge in [-0.05, 0) is 61.4 Å². The predicted octanol–water partition coefficient (Wildman–Crippen LogP) is 4.08. The molecule has 0 unspecified atom stereocenters. The molecule has 26 heavy (non-hydrogen) atoms. The molecule has 4 rings (SSSR count). The van der Waals surface area contributed by atoms with E-state index in [9.17, 15) is 9.59 Å². The molecule has 2 amide bonds. The number of benzene rings is 2. The molecule has 0 saturated heterocycles. The Morgan fingerprint density at radius 1 is 1.08 bits per heavy atom. The van der Waals surface area contributed by atoms with Crippen LogP contribution in [-0.2, 0) is 4.79 Å². The van der Waals surface area contributed by atoms with E-state index in [-0.39, 0.29) is 11.8 Å². The minimum atomic E-state index is -0.298. The molecule has 3 aromatic rings. The minimum absolute atomic E-state index is 0.239. The van der Waals surface area contributed by atoms with E-state index >= 15 is 0 Å².